The number of aliphatic hydroxyl groups excluding tert-OH is 1. The molecule has 0 unspecified atom stereocenters. The fourth-order valence-electron chi connectivity index (χ4n) is 2.88. The molecule has 1 aromatic heterocycles. The number of phosphoric ester groups is 1. The van der Waals surface area contributed by atoms with Crippen LogP contribution < -0.4 is 11.4 Å². The molecule has 2 heterocycles. The summed E-state index contributed by atoms with van der Waals surface area (Å²) in [5, 5.41) is 20.7. The molecule has 0 amide bonds. The van der Waals surface area contributed by atoms with Gasteiger partial charge in [0, 0.05) is 23.9 Å². The SMILES string of the molecule is Nc1nc(=O)n([C@@H]2O[C@H](COP(=O)(O)O)[C@@H](O)[C@@H]2F)cc1-c1ccc([N+](=O)[O-])cc1. The number of nitrogens with zero attached hydrogens (tertiary/aromatic N) is 3. The Morgan fingerprint density at radius 2 is 2.00 bits per heavy atom. The third-order valence-electron chi connectivity index (χ3n) is 4.35. The number of aromatic nitrogens is 2. The lowest BCUT2D eigenvalue weighted by atomic mass is 10.1. The molecule has 13 nitrogen and oxygen atoms in total. The van der Waals surface area contributed by atoms with Crippen LogP contribution in [-0.2, 0) is 13.8 Å². The minimum absolute atomic E-state index is 0.143. The number of ether oxygens (including phenoxy) is 1. The molecular formula is C15H16FN4O9P. The van der Waals surface area contributed by atoms with Crippen LogP contribution in [0.3, 0.4) is 0 Å². The van der Waals surface area contributed by atoms with Gasteiger partial charge in [-0.15, -0.1) is 0 Å². The van der Waals surface area contributed by atoms with Crippen molar-refractivity contribution < 1.29 is 38.0 Å². The number of hydrogen-bond acceptors (Lipinski definition) is 9. The van der Waals surface area contributed by atoms with Crippen molar-refractivity contribution in [2.45, 2.75) is 24.6 Å². The Morgan fingerprint density at radius 1 is 1.37 bits per heavy atom. The summed E-state index contributed by atoms with van der Waals surface area (Å²) in [5.41, 5.74) is 5.05. The van der Waals surface area contributed by atoms with Crippen molar-refractivity contribution in [3.05, 3.63) is 51.1 Å². The van der Waals surface area contributed by atoms with Crippen molar-refractivity contribution in [1.82, 2.24) is 9.55 Å². The van der Waals surface area contributed by atoms with Crippen LogP contribution in [0.1, 0.15) is 6.23 Å². The van der Waals surface area contributed by atoms with E-state index in [1.54, 1.807) is 0 Å². The number of hydrogen-bond donors (Lipinski definition) is 4. The number of nitrogen functional groups attached to an aromatic ring is 1. The number of rotatable bonds is 6. The Morgan fingerprint density at radius 3 is 2.57 bits per heavy atom. The average molecular weight is 446 g/mol. The Kier molecular flexibility index (Phi) is 5.99. The summed E-state index contributed by atoms with van der Waals surface area (Å²) in [6.45, 7) is -0.825. The molecule has 4 atom stereocenters. The molecule has 1 saturated heterocycles. The van der Waals surface area contributed by atoms with E-state index in [0.29, 0.717) is 5.56 Å². The molecule has 1 aliphatic rings. The van der Waals surface area contributed by atoms with E-state index in [4.69, 9.17) is 20.3 Å². The first-order valence-electron chi connectivity index (χ1n) is 8.29. The lowest BCUT2D eigenvalue weighted by Gasteiger charge is -2.18. The van der Waals surface area contributed by atoms with Crippen LogP contribution in [-0.4, -0.2) is 54.4 Å². The number of nitro groups is 1. The molecule has 0 saturated carbocycles. The number of nitro benzene ring substituents is 1. The van der Waals surface area contributed by atoms with E-state index in [1.807, 2.05) is 0 Å². The molecule has 0 aliphatic carbocycles. The van der Waals surface area contributed by atoms with Crippen molar-refractivity contribution in [1.29, 1.82) is 0 Å². The highest BCUT2D eigenvalue weighted by Gasteiger charge is 2.46. The first-order chi connectivity index (χ1) is 14.0. The van der Waals surface area contributed by atoms with Gasteiger partial charge in [-0.05, 0) is 17.7 Å². The van der Waals surface area contributed by atoms with Crippen molar-refractivity contribution in [3.63, 3.8) is 0 Å². The molecule has 1 aliphatic heterocycles. The minimum Gasteiger partial charge on any atom is -0.387 e. The molecule has 0 radical (unpaired) electrons. The smallest absolute Gasteiger partial charge is 0.387 e. The van der Waals surface area contributed by atoms with Crippen LogP contribution in [0.15, 0.2) is 35.3 Å². The summed E-state index contributed by atoms with van der Waals surface area (Å²) < 4.78 is 35.6. The second kappa shape index (κ2) is 8.18. The molecule has 5 N–H and O–H groups in total. The second-order valence-electron chi connectivity index (χ2n) is 6.32. The van der Waals surface area contributed by atoms with E-state index in [1.165, 1.54) is 24.3 Å². The van der Waals surface area contributed by atoms with Gasteiger partial charge >= 0.3 is 13.5 Å². The summed E-state index contributed by atoms with van der Waals surface area (Å²) in [5.74, 6) is -0.222. The van der Waals surface area contributed by atoms with Crippen LogP contribution in [0, 0.1) is 10.1 Å². The highest BCUT2D eigenvalue weighted by molar-refractivity contribution is 7.46. The molecule has 0 bridgehead atoms. The molecule has 30 heavy (non-hydrogen) atoms. The number of benzene rings is 1. The predicted molar refractivity (Wildman–Crippen MR) is 97.8 cm³/mol. The van der Waals surface area contributed by atoms with Gasteiger partial charge < -0.3 is 25.4 Å². The van der Waals surface area contributed by atoms with Gasteiger partial charge in [0.1, 0.15) is 18.0 Å². The molecule has 3 rings (SSSR count). The van der Waals surface area contributed by atoms with Crippen molar-refractivity contribution in [2.24, 2.45) is 0 Å². The van der Waals surface area contributed by atoms with Gasteiger partial charge in [-0.3, -0.25) is 19.2 Å². The quantitative estimate of drug-likeness (QED) is 0.266. The number of halogens is 1. The zero-order valence-corrected chi connectivity index (χ0v) is 15.8. The summed E-state index contributed by atoms with van der Waals surface area (Å²) >= 11 is 0. The van der Waals surface area contributed by atoms with Crippen LogP contribution in [0.4, 0.5) is 15.9 Å². The molecule has 0 spiro atoms. The van der Waals surface area contributed by atoms with Gasteiger partial charge in [0.15, 0.2) is 12.4 Å². The Balaban J connectivity index is 1.92. The summed E-state index contributed by atoms with van der Waals surface area (Å²) in [7, 11) is -4.89. The van der Waals surface area contributed by atoms with Crippen molar-refractivity contribution in [3.8, 4) is 11.1 Å². The Bertz CT molecular complexity index is 1060. The van der Waals surface area contributed by atoms with E-state index < -0.39 is 49.7 Å². The van der Waals surface area contributed by atoms with Gasteiger partial charge in [0.25, 0.3) is 5.69 Å². The third kappa shape index (κ3) is 4.53. The number of aliphatic hydroxyl groups is 1. The molecule has 1 fully saturated rings. The molecule has 15 heteroatoms. The van der Waals surface area contributed by atoms with Crippen LogP contribution in [0.2, 0.25) is 0 Å². The summed E-state index contributed by atoms with van der Waals surface area (Å²) in [6, 6.07) is 5.11. The summed E-state index contributed by atoms with van der Waals surface area (Å²) in [6.07, 6.45) is -6.02. The molecule has 2 aromatic rings. The maximum Gasteiger partial charge on any atom is 0.469 e. The summed E-state index contributed by atoms with van der Waals surface area (Å²) in [4.78, 5) is 43.5. The van der Waals surface area contributed by atoms with E-state index in [2.05, 4.69) is 9.51 Å². The fourth-order valence-corrected chi connectivity index (χ4v) is 3.23. The number of nitrogens with two attached hydrogens (primary N) is 1. The predicted octanol–water partition coefficient (Wildman–Crippen LogP) is 0.106. The van der Waals surface area contributed by atoms with E-state index in [9.17, 15) is 29.0 Å². The molecule has 1 aromatic carbocycles. The lowest BCUT2D eigenvalue weighted by Crippen LogP contribution is -2.34. The lowest BCUT2D eigenvalue weighted by molar-refractivity contribution is -0.384. The van der Waals surface area contributed by atoms with Crippen molar-refractivity contribution >= 4 is 19.3 Å². The van der Waals surface area contributed by atoms with Gasteiger partial charge in [-0.1, -0.05) is 0 Å². The van der Waals surface area contributed by atoms with Crippen LogP contribution >= 0.6 is 7.82 Å². The number of alkyl halides is 1. The maximum absolute atomic E-state index is 14.6. The Labute approximate surface area is 166 Å². The monoisotopic (exact) mass is 446 g/mol. The average Bonchev–Trinajstić information content (AvgIpc) is 2.94. The number of phosphoric acid groups is 1. The fraction of sp³-hybridized carbons (Fsp3) is 0.333. The molecule has 162 valence electrons. The van der Waals surface area contributed by atoms with Gasteiger partial charge in [-0.2, -0.15) is 4.98 Å². The first kappa shape index (κ1) is 22.0. The third-order valence-corrected chi connectivity index (χ3v) is 4.83. The zero-order chi connectivity index (χ0) is 22.2. The minimum atomic E-state index is -4.89. The first-order valence-corrected chi connectivity index (χ1v) is 9.82. The van der Waals surface area contributed by atoms with Gasteiger partial charge in [-0.25, -0.2) is 13.8 Å². The number of anilines is 1. The Hall–Kier alpha value is -2.74. The normalized spacial score (nSPS) is 24.1. The van der Waals surface area contributed by atoms with Gasteiger partial charge in [0.2, 0.25) is 0 Å². The number of non-ortho nitro benzene ring substituents is 1. The topological polar surface area (TPSA) is 200 Å². The zero-order valence-electron chi connectivity index (χ0n) is 14.9. The largest absolute Gasteiger partial charge is 0.469 e. The van der Waals surface area contributed by atoms with Crippen LogP contribution in [0.25, 0.3) is 11.1 Å². The molecular weight excluding hydrogens is 430 g/mol. The van der Waals surface area contributed by atoms with Crippen molar-refractivity contribution in [2.75, 3.05) is 12.3 Å². The second-order valence-corrected chi connectivity index (χ2v) is 7.56. The van der Waals surface area contributed by atoms with E-state index in [-0.39, 0.29) is 17.1 Å². The standard InChI is InChI=1S/C15H16FN4O9P/c16-11-12(21)10(6-28-30(25,26)27)29-14(11)19-5-9(13(17)18-15(19)22)7-1-3-8(4-2-7)20(23)24/h1-5,10-12,14,21H,6H2,(H2,17,18,22)(H2,25,26,27)/t10-,11+,12-,14-/m1/s1. The van der Waals surface area contributed by atoms with E-state index in [0.717, 1.165) is 10.8 Å². The van der Waals surface area contributed by atoms with E-state index >= 15 is 0 Å². The highest BCUT2D eigenvalue weighted by Crippen LogP contribution is 2.39. The highest BCUT2D eigenvalue weighted by atomic mass is 31.2. The maximum atomic E-state index is 14.6. The van der Waals surface area contributed by atoms with Crippen LogP contribution in [0.5, 0.6) is 0 Å². The van der Waals surface area contributed by atoms with Gasteiger partial charge in [0.05, 0.1) is 11.5 Å².